The molecule has 0 bridgehead atoms. The van der Waals surface area contributed by atoms with Gasteiger partial charge >= 0.3 is 0 Å². The largest absolute Gasteiger partial charge is 0.493 e. The van der Waals surface area contributed by atoms with E-state index in [-0.39, 0.29) is 5.92 Å². The van der Waals surface area contributed by atoms with E-state index in [1.807, 2.05) is 30.3 Å². The maximum Gasteiger partial charge on any atom is 0.160 e. The summed E-state index contributed by atoms with van der Waals surface area (Å²) in [4.78, 5) is 2.34. The van der Waals surface area contributed by atoms with Gasteiger partial charge in [-0.05, 0) is 69.0 Å². The third-order valence-corrected chi connectivity index (χ3v) is 6.65. The molecule has 0 aliphatic carbocycles. The molecule has 0 radical (unpaired) electrons. The van der Waals surface area contributed by atoms with E-state index in [4.69, 9.17) is 14.2 Å². The molecule has 0 aliphatic rings. The molecule has 2 rings (SSSR count). The molecule has 0 saturated carbocycles. The van der Waals surface area contributed by atoms with Gasteiger partial charge in [-0.25, -0.2) is 0 Å². The number of hydrogen-bond acceptors (Lipinski definition) is 5. The SMILES string of the molecule is CCCCOc1ccccc1C(C#N)(CCCN(C)CCc1ccc(OC)c(OC)c1)C(C)C. The number of rotatable bonds is 15. The van der Waals surface area contributed by atoms with Crippen molar-refractivity contribution >= 4 is 0 Å². The van der Waals surface area contributed by atoms with E-state index in [0.29, 0.717) is 6.61 Å². The van der Waals surface area contributed by atoms with Crippen molar-refractivity contribution in [3.8, 4) is 23.3 Å². The molecular weight excluding hydrogens is 424 g/mol. The molecule has 0 saturated heterocycles. The fraction of sp³-hybridized carbons (Fsp3) is 0.552. The van der Waals surface area contributed by atoms with E-state index in [9.17, 15) is 5.26 Å². The second-order valence-electron chi connectivity index (χ2n) is 9.28. The second-order valence-corrected chi connectivity index (χ2v) is 9.28. The highest BCUT2D eigenvalue weighted by Gasteiger charge is 2.38. The number of nitriles is 1. The lowest BCUT2D eigenvalue weighted by Gasteiger charge is -2.33. The summed E-state index contributed by atoms with van der Waals surface area (Å²) in [5.41, 5.74) is 1.68. The van der Waals surface area contributed by atoms with Crippen LogP contribution in [0, 0.1) is 17.2 Å². The lowest BCUT2D eigenvalue weighted by Crippen LogP contribution is -2.33. The minimum Gasteiger partial charge on any atom is -0.493 e. The third kappa shape index (κ3) is 7.14. The zero-order chi connectivity index (χ0) is 25.0. The fourth-order valence-corrected chi connectivity index (χ4v) is 4.36. The van der Waals surface area contributed by atoms with Crippen LogP contribution in [-0.4, -0.2) is 45.9 Å². The zero-order valence-electron chi connectivity index (χ0n) is 21.9. The number of hydrogen-bond donors (Lipinski definition) is 0. The van der Waals surface area contributed by atoms with Gasteiger partial charge in [0.2, 0.25) is 0 Å². The van der Waals surface area contributed by atoms with E-state index in [1.165, 1.54) is 5.56 Å². The smallest absolute Gasteiger partial charge is 0.160 e. The Kier molecular flexibility index (Phi) is 11.2. The summed E-state index contributed by atoms with van der Waals surface area (Å²) in [6, 6.07) is 16.9. The molecule has 0 spiro atoms. The first kappa shape index (κ1) is 27.5. The number of ether oxygens (including phenoxy) is 3. The summed E-state index contributed by atoms with van der Waals surface area (Å²) in [5.74, 6) is 2.55. The van der Waals surface area contributed by atoms with Crippen LogP contribution in [0.4, 0.5) is 0 Å². The Morgan fingerprint density at radius 2 is 1.71 bits per heavy atom. The summed E-state index contributed by atoms with van der Waals surface area (Å²) >= 11 is 0. The van der Waals surface area contributed by atoms with Crippen LogP contribution in [0.15, 0.2) is 42.5 Å². The molecule has 1 unspecified atom stereocenters. The van der Waals surface area contributed by atoms with E-state index in [0.717, 1.165) is 68.0 Å². The Hall–Kier alpha value is -2.71. The number of likely N-dealkylation sites (N-methyl/N-ethyl adjacent to an activating group) is 1. The molecule has 0 aromatic heterocycles. The van der Waals surface area contributed by atoms with Gasteiger partial charge in [-0.1, -0.05) is 51.5 Å². The van der Waals surface area contributed by atoms with Crippen molar-refractivity contribution in [3.05, 3.63) is 53.6 Å². The summed E-state index contributed by atoms with van der Waals surface area (Å²) < 4.78 is 16.9. The van der Waals surface area contributed by atoms with Crippen LogP contribution in [0.2, 0.25) is 0 Å². The molecule has 2 aromatic carbocycles. The normalized spacial score (nSPS) is 12.9. The van der Waals surface area contributed by atoms with Gasteiger partial charge < -0.3 is 19.1 Å². The summed E-state index contributed by atoms with van der Waals surface area (Å²) in [5, 5.41) is 10.4. The molecule has 186 valence electrons. The second kappa shape index (κ2) is 13.9. The van der Waals surface area contributed by atoms with E-state index in [1.54, 1.807) is 14.2 Å². The highest BCUT2D eigenvalue weighted by atomic mass is 16.5. The number of para-hydroxylation sites is 1. The summed E-state index contributed by atoms with van der Waals surface area (Å²) in [6.07, 6.45) is 4.78. The van der Waals surface area contributed by atoms with Gasteiger partial charge in [-0.3, -0.25) is 0 Å². The van der Waals surface area contributed by atoms with Gasteiger partial charge in [-0.15, -0.1) is 0 Å². The molecule has 5 heteroatoms. The lowest BCUT2D eigenvalue weighted by atomic mass is 9.69. The summed E-state index contributed by atoms with van der Waals surface area (Å²) in [6.45, 7) is 9.01. The Balaban J connectivity index is 2.02. The molecule has 34 heavy (non-hydrogen) atoms. The Morgan fingerprint density at radius 1 is 0.971 bits per heavy atom. The highest BCUT2D eigenvalue weighted by molar-refractivity contribution is 5.45. The number of methoxy groups -OCH3 is 2. The van der Waals surface area contributed by atoms with Crippen LogP contribution in [0.1, 0.15) is 57.6 Å². The highest BCUT2D eigenvalue weighted by Crippen LogP contribution is 2.41. The van der Waals surface area contributed by atoms with Crippen LogP contribution in [0.3, 0.4) is 0 Å². The van der Waals surface area contributed by atoms with Crippen LogP contribution < -0.4 is 14.2 Å². The summed E-state index contributed by atoms with van der Waals surface area (Å²) in [7, 11) is 5.46. The van der Waals surface area contributed by atoms with E-state index in [2.05, 4.69) is 50.9 Å². The van der Waals surface area contributed by atoms with Crippen molar-refractivity contribution in [2.24, 2.45) is 5.92 Å². The van der Waals surface area contributed by atoms with Crippen LogP contribution in [-0.2, 0) is 11.8 Å². The minimum atomic E-state index is -0.563. The number of nitrogens with zero attached hydrogens (tertiary/aromatic N) is 2. The Morgan fingerprint density at radius 3 is 2.35 bits per heavy atom. The third-order valence-electron chi connectivity index (χ3n) is 6.65. The predicted molar refractivity (Wildman–Crippen MR) is 139 cm³/mol. The molecular formula is C29H42N2O3. The standard InChI is InChI=1S/C29H42N2O3/c1-7-8-20-34-26-13-10-9-12-25(26)29(22-30,23(2)3)17-11-18-31(4)19-16-24-14-15-27(32-5)28(21-24)33-6/h9-10,12-15,21,23H,7-8,11,16-20H2,1-6H3. The molecule has 0 N–H and O–H groups in total. The van der Waals surface area contributed by atoms with Crippen molar-refractivity contribution in [1.29, 1.82) is 5.26 Å². The van der Waals surface area contributed by atoms with Crippen LogP contribution >= 0.6 is 0 Å². The minimum absolute atomic E-state index is 0.186. The average Bonchev–Trinajstić information content (AvgIpc) is 2.85. The molecule has 2 aromatic rings. The first-order valence-electron chi connectivity index (χ1n) is 12.4. The van der Waals surface area contributed by atoms with Crippen molar-refractivity contribution in [3.63, 3.8) is 0 Å². The monoisotopic (exact) mass is 466 g/mol. The predicted octanol–water partition coefficient (Wildman–Crippen LogP) is 6.25. The van der Waals surface area contributed by atoms with Crippen molar-refractivity contribution in [1.82, 2.24) is 4.90 Å². The molecule has 0 heterocycles. The van der Waals surface area contributed by atoms with Gasteiger partial charge in [0, 0.05) is 12.1 Å². The molecule has 0 amide bonds. The average molecular weight is 467 g/mol. The van der Waals surface area contributed by atoms with Crippen molar-refractivity contribution in [2.75, 3.05) is 41.0 Å². The first-order chi connectivity index (χ1) is 16.4. The van der Waals surface area contributed by atoms with E-state index < -0.39 is 5.41 Å². The molecule has 0 fully saturated rings. The quantitative estimate of drug-likeness (QED) is 0.290. The first-order valence-corrected chi connectivity index (χ1v) is 12.4. The van der Waals surface area contributed by atoms with Gasteiger partial charge in [0.15, 0.2) is 11.5 Å². The maximum absolute atomic E-state index is 10.4. The molecule has 1 atom stereocenters. The van der Waals surface area contributed by atoms with Gasteiger partial charge in [-0.2, -0.15) is 5.26 Å². The van der Waals surface area contributed by atoms with E-state index >= 15 is 0 Å². The lowest BCUT2D eigenvalue weighted by molar-refractivity contribution is 0.273. The van der Waals surface area contributed by atoms with Gasteiger partial charge in [0.05, 0.1) is 32.3 Å². The Labute approximate surface area is 206 Å². The van der Waals surface area contributed by atoms with Crippen LogP contribution in [0.25, 0.3) is 0 Å². The Bertz CT molecular complexity index is 922. The van der Waals surface area contributed by atoms with Gasteiger partial charge in [0.25, 0.3) is 0 Å². The zero-order valence-corrected chi connectivity index (χ0v) is 21.9. The maximum atomic E-state index is 10.4. The molecule has 0 aliphatic heterocycles. The van der Waals surface area contributed by atoms with Gasteiger partial charge in [0.1, 0.15) is 5.75 Å². The fourth-order valence-electron chi connectivity index (χ4n) is 4.36. The van der Waals surface area contributed by atoms with Crippen LogP contribution in [0.5, 0.6) is 17.2 Å². The molecule has 5 nitrogen and oxygen atoms in total. The number of benzene rings is 2. The van der Waals surface area contributed by atoms with Crippen molar-refractivity contribution < 1.29 is 14.2 Å². The topological polar surface area (TPSA) is 54.7 Å². The number of unbranched alkanes of at least 4 members (excludes halogenated alkanes) is 1. The van der Waals surface area contributed by atoms with Crippen molar-refractivity contribution in [2.45, 2.75) is 58.3 Å².